The van der Waals surface area contributed by atoms with E-state index in [-0.39, 0.29) is 29.7 Å². The van der Waals surface area contributed by atoms with Gasteiger partial charge in [0, 0.05) is 24.8 Å². The molecule has 0 amide bonds. The molecule has 34 heavy (non-hydrogen) atoms. The highest BCUT2D eigenvalue weighted by Crippen LogP contribution is 2.28. The summed E-state index contributed by atoms with van der Waals surface area (Å²) in [7, 11) is -0.766. The molecule has 8 nitrogen and oxygen atoms in total. The largest absolute Gasteiger partial charge is 0.497 e. The first kappa shape index (κ1) is 27.6. The Hall–Kier alpha value is -2.65. The van der Waals surface area contributed by atoms with E-state index in [1.54, 1.807) is 51.4 Å². The first-order chi connectivity index (χ1) is 15.9. The van der Waals surface area contributed by atoms with E-state index in [0.717, 1.165) is 0 Å². The zero-order valence-electron chi connectivity index (χ0n) is 21.3. The van der Waals surface area contributed by atoms with Crippen molar-refractivity contribution in [3.8, 4) is 5.75 Å². The molecule has 9 heteroatoms. The number of ketones is 1. The van der Waals surface area contributed by atoms with Gasteiger partial charge in [0.25, 0.3) is 0 Å². The Kier molecular flexibility index (Phi) is 9.08. The summed E-state index contributed by atoms with van der Waals surface area (Å²) in [5, 5.41) is 0. The van der Waals surface area contributed by atoms with Crippen LogP contribution in [-0.4, -0.2) is 55.3 Å². The lowest BCUT2D eigenvalue weighted by Gasteiger charge is -2.28. The van der Waals surface area contributed by atoms with Crippen molar-refractivity contribution < 1.29 is 27.5 Å². The van der Waals surface area contributed by atoms with Crippen molar-refractivity contribution in [3.63, 3.8) is 0 Å². The molecular weight excluding hydrogens is 456 g/mol. The molecule has 1 aromatic carbocycles. The van der Waals surface area contributed by atoms with Gasteiger partial charge < -0.3 is 14.0 Å². The Morgan fingerprint density at radius 1 is 1.09 bits per heavy atom. The maximum Gasteiger partial charge on any atom is 0.355 e. The van der Waals surface area contributed by atoms with E-state index in [0.29, 0.717) is 34.7 Å². The predicted octanol–water partition coefficient (Wildman–Crippen LogP) is 4.14. The molecule has 0 fully saturated rings. The lowest BCUT2D eigenvalue weighted by atomic mass is 10.0. The molecule has 0 unspecified atom stereocenters. The van der Waals surface area contributed by atoms with Crippen LogP contribution in [0.1, 0.15) is 66.2 Å². The van der Waals surface area contributed by atoms with Gasteiger partial charge in [-0.25, -0.2) is 13.2 Å². The highest BCUT2D eigenvalue weighted by molar-refractivity contribution is 7.89. The van der Waals surface area contributed by atoms with Crippen LogP contribution >= 0.6 is 0 Å². The molecule has 0 aliphatic heterocycles. The smallest absolute Gasteiger partial charge is 0.355 e. The molecule has 0 saturated carbocycles. The van der Waals surface area contributed by atoms with Gasteiger partial charge in [-0.3, -0.25) is 4.79 Å². The van der Waals surface area contributed by atoms with Gasteiger partial charge in [0.2, 0.25) is 10.0 Å². The Morgan fingerprint density at radius 2 is 1.68 bits per heavy atom. The number of sulfonamides is 1. The second-order valence-electron chi connectivity index (χ2n) is 8.73. The fourth-order valence-corrected chi connectivity index (χ4v) is 5.57. The fraction of sp³-hybridized carbons (Fsp3) is 0.520. The summed E-state index contributed by atoms with van der Waals surface area (Å²) in [5.41, 5.74) is 1.71. The Balaban J connectivity index is 2.53. The van der Waals surface area contributed by atoms with Gasteiger partial charge in [-0.15, -0.1) is 0 Å². The normalized spacial score (nSPS) is 12.8. The van der Waals surface area contributed by atoms with Gasteiger partial charge in [-0.05, 0) is 69.9 Å². The molecule has 0 aliphatic carbocycles. The van der Waals surface area contributed by atoms with Crippen molar-refractivity contribution in [3.05, 3.63) is 46.8 Å². The lowest BCUT2D eigenvalue weighted by Crippen LogP contribution is -2.44. The number of nitrogens with zero attached hydrogens (tertiary/aromatic N) is 2. The van der Waals surface area contributed by atoms with Crippen LogP contribution in [0.15, 0.2) is 29.2 Å². The van der Waals surface area contributed by atoms with Crippen LogP contribution in [-0.2, 0) is 21.8 Å². The monoisotopic (exact) mass is 492 g/mol. The van der Waals surface area contributed by atoms with Crippen LogP contribution in [0, 0.1) is 19.8 Å². The van der Waals surface area contributed by atoms with Crippen molar-refractivity contribution in [2.24, 2.45) is 13.0 Å². The number of rotatable bonds is 11. The summed E-state index contributed by atoms with van der Waals surface area (Å²) in [4.78, 5) is 26.3. The van der Waals surface area contributed by atoms with E-state index in [2.05, 4.69) is 0 Å². The number of carbonyl (C=O) groups is 2. The standard InChI is InChI=1S/C25H36N2O6S/c1-9-33-25(29)23-17(4)22(18(5)26(23)7)24(28)19(6)27(15-14-16(2)3)34(30,31)21-12-10-20(32-8)11-13-21/h10-13,16,19H,9,14-15H2,1-8H3/t19-/m0/s1. The zero-order valence-corrected chi connectivity index (χ0v) is 22.2. The van der Waals surface area contributed by atoms with Gasteiger partial charge in [-0.2, -0.15) is 4.31 Å². The van der Waals surface area contributed by atoms with Crippen molar-refractivity contribution in [2.45, 2.75) is 58.9 Å². The van der Waals surface area contributed by atoms with Crippen molar-refractivity contribution in [1.29, 1.82) is 0 Å². The van der Waals surface area contributed by atoms with Gasteiger partial charge in [0.1, 0.15) is 11.4 Å². The van der Waals surface area contributed by atoms with Gasteiger partial charge in [0.15, 0.2) is 5.78 Å². The number of hydrogen-bond acceptors (Lipinski definition) is 6. The summed E-state index contributed by atoms with van der Waals surface area (Å²) < 4.78 is 40.4. The zero-order chi connectivity index (χ0) is 25.8. The molecule has 1 atom stereocenters. The third-order valence-corrected chi connectivity index (χ3v) is 8.03. The number of Topliss-reactive ketones (excluding diaryl/α,β-unsaturated/α-hetero) is 1. The van der Waals surface area contributed by atoms with Gasteiger partial charge in [0.05, 0.1) is 24.7 Å². The summed E-state index contributed by atoms with van der Waals surface area (Å²) in [5.74, 6) is -0.0906. The molecule has 1 aromatic heterocycles. The van der Waals surface area contributed by atoms with Gasteiger partial charge in [-0.1, -0.05) is 13.8 Å². The molecule has 0 bridgehead atoms. The minimum atomic E-state index is -3.97. The quantitative estimate of drug-likeness (QED) is 0.346. The van der Waals surface area contributed by atoms with Crippen LogP contribution in [0.25, 0.3) is 0 Å². The van der Waals surface area contributed by atoms with Crippen LogP contribution in [0.4, 0.5) is 0 Å². The molecule has 0 N–H and O–H groups in total. The van der Waals surface area contributed by atoms with E-state index in [1.807, 2.05) is 13.8 Å². The molecule has 0 saturated heterocycles. The van der Waals surface area contributed by atoms with Gasteiger partial charge >= 0.3 is 5.97 Å². The van der Waals surface area contributed by atoms with Crippen LogP contribution in [0.5, 0.6) is 5.75 Å². The second-order valence-corrected chi connectivity index (χ2v) is 10.6. The minimum Gasteiger partial charge on any atom is -0.497 e. The Morgan fingerprint density at radius 3 is 2.18 bits per heavy atom. The molecular formula is C25H36N2O6S. The molecule has 0 spiro atoms. The Labute approximate surface area is 202 Å². The number of benzene rings is 1. The average Bonchev–Trinajstić information content (AvgIpc) is 3.01. The summed E-state index contributed by atoms with van der Waals surface area (Å²) >= 11 is 0. The van der Waals surface area contributed by atoms with E-state index >= 15 is 0 Å². The maximum atomic E-state index is 13.7. The number of ether oxygens (including phenoxy) is 2. The third kappa shape index (κ3) is 5.52. The number of aromatic nitrogens is 1. The van der Waals surface area contributed by atoms with Crippen LogP contribution in [0.2, 0.25) is 0 Å². The number of carbonyl (C=O) groups excluding carboxylic acids is 2. The van der Waals surface area contributed by atoms with E-state index in [4.69, 9.17) is 9.47 Å². The average molecular weight is 493 g/mol. The third-order valence-electron chi connectivity index (χ3n) is 6.05. The second kappa shape index (κ2) is 11.2. The van der Waals surface area contributed by atoms with E-state index in [1.165, 1.54) is 23.5 Å². The van der Waals surface area contributed by atoms with E-state index < -0.39 is 22.0 Å². The highest BCUT2D eigenvalue weighted by Gasteiger charge is 2.36. The molecule has 0 radical (unpaired) electrons. The topological polar surface area (TPSA) is 94.9 Å². The predicted molar refractivity (Wildman–Crippen MR) is 131 cm³/mol. The highest BCUT2D eigenvalue weighted by atomic mass is 32.2. The number of methoxy groups -OCH3 is 1. The fourth-order valence-electron chi connectivity index (χ4n) is 3.96. The molecule has 2 rings (SSSR count). The van der Waals surface area contributed by atoms with Crippen molar-refractivity contribution in [2.75, 3.05) is 20.3 Å². The van der Waals surface area contributed by atoms with E-state index in [9.17, 15) is 18.0 Å². The SMILES string of the molecule is CCOC(=O)c1c(C)c(C(=O)[C@H](C)N(CCC(C)C)S(=O)(=O)c2ccc(OC)cc2)c(C)n1C. The summed E-state index contributed by atoms with van der Waals surface area (Å²) in [6, 6.07) is 5.14. The summed E-state index contributed by atoms with van der Waals surface area (Å²) in [6.45, 7) is 11.2. The number of esters is 1. The van der Waals surface area contributed by atoms with Crippen LogP contribution in [0.3, 0.4) is 0 Å². The summed E-state index contributed by atoms with van der Waals surface area (Å²) in [6.07, 6.45) is 0.591. The van der Waals surface area contributed by atoms with Crippen LogP contribution < -0.4 is 4.74 Å². The van der Waals surface area contributed by atoms with Crippen molar-refractivity contribution >= 4 is 21.8 Å². The lowest BCUT2D eigenvalue weighted by molar-refractivity contribution is 0.0514. The minimum absolute atomic E-state index is 0.0884. The number of hydrogen-bond donors (Lipinski definition) is 0. The first-order valence-corrected chi connectivity index (χ1v) is 12.8. The molecule has 188 valence electrons. The molecule has 0 aliphatic rings. The van der Waals surface area contributed by atoms with Crippen molar-refractivity contribution in [1.82, 2.24) is 8.87 Å². The molecule has 1 heterocycles. The maximum absolute atomic E-state index is 13.7. The first-order valence-electron chi connectivity index (χ1n) is 11.4. The Bertz CT molecular complexity index is 1130. The molecule has 2 aromatic rings.